The van der Waals surface area contributed by atoms with Crippen LogP contribution in [0.5, 0.6) is 0 Å². The molecule has 0 aliphatic carbocycles. The van der Waals surface area contributed by atoms with Crippen LogP contribution in [-0.4, -0.2) is 52.4 Å². The average molecular weight is 400 g/mol. The van der Waals surface area contributed by atoms with Gasteiger partial charge >= 0.3 is 0 Å². The maximum atomic E-state index is 12.9. The number of benzene rings is 1. The molecule has 0 radical (unpaired) electrons. The van der Waals surface area contributed by atoms with Crippen molar-refractivity contribution in [3.63, 3.8) is 0 Å². The molecular weight excluding hydrogens is 366 g/mol. The monoisotopic (exact) mass is 399 g/mol. The molecule has 1 unspecified atom stereocenters. The van der Waals surface area contributed by atoms with Gasteiger partial charge in [-0.3, -0.25) is 9.59 Å². The van der Waals surface area contributed by atoms with E-state index in [-0.39, 0.29) is 17.9 Å². The van der Waals surface area contributed by atoms with Crippen molar-refractivity contribution in [1.82, 2.24) is 19.8 Å². The number of aryl methyl sites for hydroxylation is 1. The molecule has 2 aromatic rings. The molecule has 1 atom stereocenters. The van der Waals surface area contributed by atoms with Gasteiger partial charge in [-0.2, -0.15) is 0 Å². The minimum absolute atomic E-state index is 0.0192. The van der Waals surface area contributed by atoms with Crippen molar-refractivity contribution >= 4 is 22.8 Å². The van der Waals surface area contributed by atoms with E-state index in [0.717, 1.165) is 42.7 Å². The summed E-state index contributed by atoms with van der Waals surface area (Å²) in [4.78, 5) is 31.3. The van der Waals surface area contributed by atoms with Crippen LogP contribution in [-0.2, 0) is 17.8 Å². The largest absolute Gasteiger partial charge is 0.349 e. The third kappa shape index (κ3) is 5.15. The summed E-state index contributed by atoms with van der Waals surface area (Å²) in [6.45, 7) is 6.46. The Hall–Kier alpha value is -2.41. The maximum absolute atomic E-state index is 12.9. The van der Waals surface area contributed by atoms with Crippen molar-refractivity contribution < 1.29 is 9.59 Å². The van der Waals surface area contributed by atoms with Crippen molar-refractivity contribution in [3.8, 4) is 0 Å². The summed E-state index contributed by atoms with van der Waals surface area (Å²) in [7, 11) is 1.82. The molecule has 29 heavy (non-hydrogen) atoms. The molecule has 3 rings (SSSR count). The van der Waals surface area contributed by atoms with Gasteiger partial charge in [0.2, 0.25) is 5.91 Å². The molecule has 2 amide bonds. The number of imidazole rings is 1. The average Bonchev–Trinajstić information content (AvgIpc) is 2.94. The third-order valence-corrected chi connectivity index (χ3v) is 5.55. The zero-order valence-electron chi connectivity index (χ0n) is 17.8. The van der Waals surface area contributed by atoms with E-state index in [9.17, 15) is 9.59 Å². The lowest BCUT2D eigenvalue weighted by Gasteiger charge is -2.17. The number of hydrogen-bond donors (Lipinski definition) is 2. The Kier molecular flexibility index (Phi) is 6.90. The predicted molar refractivity (Wildman–Crippen MR) is 115 cm³/mol. The predicted octanol–water partition coefficient (Wildman–Crippen LogP) is 2.32. The number of carbonyl (C=O) groups excluding carboxylic acids is 2. The second kappa shape index (κ2) is 9.39. The maximum Gasteiger partial charge on any atom is 0.251 e. The smallest absolute Gasteiger partial charge is 0.251 e. The van der Waals surface area contributed by atoms with E-state index < -0.39 is 0 Å². The Morgan fingerprint density at radius 1 is 1.34 bits per heavy atom. The number of carbonyl (C=O) groups is 2. The number of rotatable bonds is 7. The van der Waals surface area contributed by atoms with Gasteiger partial charge in [0.15, 0.2) is 0 Å². The van der Waals surface area contributed by atoms with E-state index in [0.29, 0.717) is 37.4 Å². The molecule has 7 nitrogen and oxygen atoms in total. The number of likely N-dealkylation sites (tertiary alicyclic amines) is 1. The highest BCUT2D eigenvalue weighted by molar-refractivity contribution is 5.97. The van der Waals surface area contributed by atoms with Gasteiger partial charge in [0.25, 0.3) is 5.91 Å². The molecule has 0 spiro atoms. The fraction of sp³-hybridized carbons (Fsp3) is 0.591. The van der Waals surface area contributed by atoms with Crippen molar-refractivity contribution in [2.75, 3.05) is 20.1 Å². The number of amides is 2. The topological polar surface area (TPSA) is 93.2 Å². The summed E-state index contributed by atoms with van der Waals surface area (Å²) < 4.78 is 2.21. The standard InChI is InChI=1S/C22H33N5O2/c1-15(2)13-20-25-18-7-5-16(14-19(18)27(20)11-4-10-23)22(29)24-17-6-8-21(28)26(3)12-9-17/h5,7,14-15,17H,4,6,8-13,23H2,1-3H3,(H,24,29). The SMILES string of the molecule is CC(C)Cc1nc2ccc(C(=O)NC3CCC(=O)N(C)CC3)cc2n1CCCN. The van der Waals surface area contributed by atoms with E-state index in [1.807, 2.05) is 25.2 Å². The molecule has 1 aromatic carbocycles. The van der Waals surface area contributed by atoms with Crippen molar-refractivity contribution in [1.29, 1.82) is 0 Å². The number of nitrogens with two attached hydrogens (primary N) is 1. The molecule has 1 fully saturated rings. The molecule has 0 saturated carbocycles. The molecule has 7 heteroatoms. The van der Waals surface area contributed by atoms with Crippen LogP contribution in [0.3, 0.4) is 0 Å². The first-order chi connectivity index (χ1) is 13.9. The second-order valence-electron chi connectivity index (χ2n) is 8.44. The van der Waals surface area contributed by atoms with Gasteiger partial charge in [-0.05, 0) is 49.9 Å². The third-order valence-electron chi connectivity index (χ3n) is 5.55. The van der Waals surface area contributed by atoms with Crippen LogP contribution >= 0.6 is 0 Å². The highest BCUT2D eigenvalue weighted by Crippen LogP contribution is 2.21. The quantitative estimate of drug-likeness (QED) is 0.747. The Labute approximate surface area is 172 Å². The zero-order valence-corrected chi connectivity index (χ0v) is 17.8. The van der Waals surface area contributed by atoms with E-state index in [1.165, 1.54) is 0 Å². The lowest BCUT2D eigenvalue weighted by atomic mass is 10.1. The first-order valence-corrected chi connectivity index (χ1v) is 10.6. The fourth-order valence-corrected chi connectivity index (χ4v) is 3.85. The molecule has 1 saturated heterocycles. The molecule has 0 bridgehead atoms. The van der Waals surface area contributed by atoms with E-state index in [2.05, 4.69) is 23.7 Å². The molecule has 3 N–H and O–H groups in total. The van der Waals surface area contributed by atoms with Crippen LogP contribution in [0.4, 0.5) is 0 Å². The normalized spacial score (nSPS) is 17.8. The van der Waals surface area contributed by atoms with Gasteiger partial charge in [0.1, 0.15) is 5.82 Å². The zero-order chi connectivity index (χ0) is 21.0. The van der Waals surface area contributed by atoms with Gasteiger partial charge in [0.05, 0.1) is 11.0 Å². The van der Waals surface area contributed by atoms with Gasteiger partial charge in [-0.1, -0.05) is 13.8 Å². The molecule has 158 valence electrons. The summed E-state index contributed by atoms with van der Waals surface area (Å²) in [6, 6.07) is 5.72. The van der Waals surface area contributed by atoms with Crippen molar-refractivity contribution in [2.24, 2.45) is 11.7 Å². The van der Waals surface area contributed by atoms with Gasteiger partial charge in [-0.15, -0.1) is 0 Å². The summed E-state index contributed by atoms with van der Waals surface area (Å²) in [5.74, 6) is 1.60. The molecular formula is C22H33N5O2. The first-order valence-electron chi connectivity index (χ1n) is 10.6. The van der Waals surface area contributed by atoms with E-state index in [4.69, 9.17) is 10.7 Å². The minimum atomic E-state index is -0.0918. The number of nitrogens with one attached hydrogen (secondary N) is 1. The molecule has 1 aromatic heterocycles. The van der Waals surface area contributed by atoms with Crippen LogP contribution in [0.15, 0.2) is 18.2 Å². The highest BCUT2D eigenvalue weighted by Gasteiger charge is 2.22. The number of hydrogen-bond acceptors (Lipinski definition) is 4. The Bertz CT molecular complexity index is 873. The minimum Gasteiger partial charge on any atom is -0.349 e. The molecule has 2 heterocycles. The van der Waals surface area contributed by atoms with Crippen LogP contribution in [0.1, 0.15) is 55.7 Å². The van der Waals surface area contributed by atoms with Crippen LogP contribution in [0.2, 0.25) is 0 Å². The van der Waals surface area contributed by atoms with Crippen LogP contribution < -0.4 is 11.1 Å². The van der Waals surface area contributed by atoms with Gasteiger partial charge < -0.3 is 20.5 Å². The summed E-state index contributed by atoms with van der Waals surface area (Å²) in [6.07, 6.45) is 3.71. The van der Waals surface area contributed by atoms with E-state index in [1.54, 1.807) is 4.90 Å². The Morgan fingerprint density at radius 3 is 2.86 bits per heavy atom. The number of fused-ring (bicyclic) bond motifs is 1. The Balaban J connectivity index is 1.82. The van der Waals surface area contributed by atoms with Gasteiger partial charge in [-0.25, -0.2) is 4.98 Å². The highest BCUT2D eigenvalue weighted by atomic mass is 16.2. The summed E-state index contributed by atoms with van der Waals surface area (Å²) in [5.41, 5.74) is 8.26. The lowest BCUT2D eigenvalue weighted by molar-refractivity contribution is -0.129. The summed E-state index contributed by atoms with van der Waals surface area (Å²) in [5, 5.41) is 3.12. The number of nitrogens with zero attached hydrogens (tertiary/aromatic N) is 3. The van der Waals surface area contributed by atoms with Crippen LogP contribution in [0, 0.1) is 5.92 Å². The lowest BCUT2D eigenvalue weighted by Crippen LogP contribution is -2.35. The van der Waals surface area contributed by atoms with Crippen LogP contribution in [0.25, 0.3) is 11.0 Å². The Morgan fingerprint density at radius 2 is 2.14 bits per heavy atom. The second-order valence-corrected chi connectivity index (χ2v) is 8.44. The van der Waals surface area contributed by atoms with Gasteiger partial charge in [0, 0.05) is 44.6 Å². The van der Waals surface area contributed by atoms with Crippen molar-refractivity contribution in [2.45, 2.75) is 58.5 Å². The fourth-order valence-electron chi connectivity index (χ4n) is 3.85. The summed E-state index contributed by atoms with van der Waals surface area (Å²) >= 11 is 0. The first kappa shape index (κ1) is 21.3. The molecule has 1 aliphatic rings. The molecule has 1 aliphatic heterocycles. The van der Waals surface area contributed by atoms with E-state index >= 15 is 0 Å². The number of aromatic nitrogens is 2. The van der Waals surface area contributed by atoms with Crippen molar-refractivity contribution in [3.05, 3.63) is 29.6 Å².